The van der Waals surface area contributed by atoms with Crippen molar-refractivity contribution >= 4 is 31.9 Å². The Balaban J connectivity index is 3.30. The molecule has 0 N–H and O–H groups in total. The molecular formula is C12H12F2O6Si. The molecule has 21 heavy (non-hydrogen) atoms. The third kappa shape index (κ3) is 4.63. The fourth-order valence-electron chi connectivity index (χ4n) is 1.44. The predicted octanol–water partition coefficient (Wildman–Crippen LogP) is 0.767. The first-order chi connectivity index (χ1) is 9.77. The van der Waals surface area contributed by atoms with E-state index >= 15 is 0 Å². The van der Waals surface area contributed by atoms with Gasteiger partial charge < -0.3 is 13.3 Å². The van der Waals surface area contributed by atoms with Crippen LogP contribution in [0, 0.1) is 0 Å². The zero-order valence-corrected chi connectivity index (χ0v) is 12.2. The predicted molar refractivity (Wildman–Crippen MR) is 67.5 cm³/mol. The molecule has 1 aromatic rings. The van der Waals surface area contributed by atoms with Crippen LogP contribution >= 0.6 is 0 Å². The van der Waals surface area contributed by atoms with Gasteiger partial charge in [-0.2, -0.15) is 8.78 Å². The van der Waals surface area contributed by atoms with Gasteiger partial charge in [0.2, 0.25) is 0 Å². The fourth-order valence-corrected chi connectivity index (χ4v) is 3.63. The number of benzene rings is 1. The van der Waals surface area contributed by atoms with Crippen molar-refractivity contribution in [3.8, 4) is 0 Å². The van der Waals surface area contributed by atoms with E-state index in [1.165, 1.54) is 24.3 Å². The van der Waals surface area contributed by atoms with Crippen molar-refractivity contribution in [3.63, 3.8) is 0 Å². The van der Waals surface area contributed by atoms with E-state index < -0.39 is 33.1 Å². The Morgan fingerprint density at radius 3 is 1.81 bits per heavy atom. The van der Waals surface area contributed by atoms with Gasteiger partial charge in [-0.25, -0.2) is 4.79 Å². The molecule has 0 bridgehead atoms. The minimum atomic E-state index is -4.45. The number of hydrogen-bond donors (Lipinski definition) is 0. The topological polar surface area (TPSA) is 78.9 Å². The maximum Gasteiger partial charge on any atom is 0.743 e. The fraction of sp³-hybridized carbons (Fsp3) is 0.250. The third-order valence-electron chi connectivity index (χ3n) is 2.10. The van der Waals surface area contributed by atoms with Crippen molar-refractivity contribution in [1.29, 1.82) is 0 Å². The average molecular weight is 318 g/mol. The van der Waals surface area contributed by atoms with Gasteiger partial charge in [-0.15, -0.1) is 0 Å². The number of hydrogen-bond acceptors (Lipinski definition) is 6. The molecule has 0 aromatic heterocycles. The van der Waals surface area contributed by atoms with Gasteiger partial charge in [0.15, 0.2) is 0 Å². The molecule has 0 fully saturated rings. The highest BCUT2D eigenvalue weighted by Gasteiger charge is 2.55. The van der Waals surface area contributed by atoms with Gasteiger partial charge in [-0.3, -0.25) is 9.59 Å². The van der Waals surface area contributed by atoms with Gasteiger partial charge in [-0.1, -0.05) is 30.3 Å². The Morgan fingerprint density at radius 1 is 0.952 bits per heavy atom. The molecule has 0 spiro atoms. The van der Waals surface area contributed by atoms with E-state index in [9.17, 15) is 23.2 Å². The molecule has 0 saturated heterocycles. The van der Waals surface area contributed by atoms with Crippen molar-refractivity contribution in [2.75, 3.05) is 0 Å². The first kappa shape index (κ1) is 16.8. The van der Waals surface area contributed by atoms with E-state index in [1.807, 2.05) is 0 Å². The van der Waals surface area contributed by atoms with Crippen LogP contribution in [0.15, 0.2) is 30.3 Å². The lowest BCUT2D eigenvalue weighted by Crippen LogP contribution is -2.60. The van der Waals surface area contributed by atoms with Crippen molar-refractivity contribution in [3.05, 3.63) is 30.3 Å². The lowest BCUT2D eigenvalue weighted by atomic mass is 10.4. The summed E-state index contributed by atoms with van der Waals surface area (Å²) in [6, 6.07) is 7.26. The minimum Gasteiger partial charge on any atom is -0.452 e. The first-order valence-corrected chi connectivity index (χ1v) is 7.45. The van der Waals surface area contributed by atoms with Crippen molar-refractivity contribution in [2.45, 2.75) is 20.3 Å². The third-order valence-corrected chi connectivity index (χ3v) is 4.72. The van der Waals surface area contributed by atoms with E-state index in [0.29, 0.717) is 0 Å². The number of rotatable bonds is 5. The highest BCUT2D eigenvalue weighted by atomic mass is 28.4. The monoisotopic (exact) mass is 318 g/mol. The molecule has 0 radical (unpaired) electrons. The Labute approximate surface area is 120 Å². The van der Waals surface area contributed by atoms with Gasteiger partial charge in [0.25, 0.3) is 11.9 Å². The number of carbonyl (C=O) groups is 3. The van der Waals surface area contributed by atoms with Crippen LogP contribution in [0.4, 0.5) is 8.78 Å². The Morgan fingerprint density at radius 2 is 1.43 bits per heavy atom. The summed E-state index contributed by atoms with van der Waals surface area (Å²) in [5, 5.41) is 0.0319. The van der Waals surface area contributed by atoms with Gasteiger partial charge in [0.1, 0.15) is 0 Å². The molecule has 6 nitrogen and oxygen atoms in total. The molecular weight excluding hydrogens is 306 g/mol. The molecule has 0 aliphatic carbocycles. The van der Waals surface area contributed by atoms with Gasteiger partial charge >= 0.3 is 21.2 Å². The van der Waals surface area contributed by atoms with E-state index in [-0.39, 0.29) is 5.19 Å². The number of carbonyl (C=O) groups excluding carboxylic acids is 3. The molecule has 0 unspecified atom stereocenters. The largest absolute Gasteiger partial charge is 0.743 e. The molecule has 0 atom stereocenters. The van der Waals surface area contributed by atoms with Crippen LogP contribution in [0.3, 0.4) is 0 Å². The molecule has 0 heterocycles. The summed E-state index contributed by atoms with van der Waals surface area (Å²) in [5.41, 5.74) is 0. The van der Waals surface area contributed by atoms with Gasteiger partial charge in [0, 0.05) is 13.8 Å². The zero-order valence-electron chi connectivity index (χ0n) is 11.2. The van der Waals surface area contributed by atoms with E-state index in [1.54, 1.807) is 6.07 Å². The lowest BCUT2D eigenvalue weighted by Gasteiger charge is -2.26. The Kier molecular flexibility index (Phi) is 5.53. The van der Waals surface area contributed by atoms with Crippen LogP contribution in [0.2, 0.25) is 0 Å². The number of halogens is 2. The summed E-state index contributed by atoms with van der Waals surface area (Å²) in [7, 11) is -4.45. The van der Waals surface area contributed by atoms with Crippen LogP contribution in [0.1, 0.15) is 13.8 Å². The summed E-state index contributed by atoms with van der Waals surface area (Å²) in [5.74, 6) is -3.81. The molecule has 9 heteroatoms. The molecule has 1 rings (SSSR count). The second kappa shape index (κ2) is 6.93. The summed E-state index contributed by atoms with van der Waals surface area (Å²) >= 11 is 0. The Bertz CT molecular complexity index is 518. The van der Waals surface area contributed by atoms with E-state index in [2.05, 4.69) is 4.43 Å². The van der Waals surface area contributed by atoms with E-state index in [0.717, 1.165) is 13.8 Å². The lowest BCUT2D eigenvalue weighted by molar-refractivity contribution is -0.155. The minimum absolute atomic E-state index is 0.0319. The maximum absolute atomic E-state index is 12.4. The molecule has 114 valence electrons. The van der Waals surface area contributed by atoms with Crippen LogP contribution in [-0.2, 0) is 27.7 Å². The second-order valence-corrected chi connectivity index (χ2v) is 6.13. The van der Waals surface area contributed by atoms with E-state index in [4.69, 9.17) is 8.85 Å². The highest BCUT2D eigenvalue weighted by molar-refractivity contribution is 6.79. The Hall–Kier alpha value is -2.29. The zero-order chi connectivity index (χ0) is 16.0. The van der Waals surface area contributed by atoms with Crippen LogP contribution in [0.25, 0.3) is 0 Å². The van der Waals surface area contributed by atoms with Crippen molar-refractivity contribution in [1.82, 2.24) is 0 Å². The standard InChI is InChI=1S/C12H12F2O6Si/c1-8(15)18-21(19-9(2)16,20-12(17)11(13)14)10-6-4-3-5-7-10/h3-7,11H,1-2H3. The highest BCUT2D eigenvalue weighted by Crippen LogP contribution is 2.14. The molecule has 0 aliphatic heterocycles. The summed E-state index contributed by atoms with van der Waals surface area (Å²) < 4.78 is 39.1. The number of alkyl halides is 2. The van der Waals surface area contributed by atoms with Crippen molar-refractivity contribution < 1.29 is 36.4 Å². The average Bonchev–Trinajstić information content (AvgIpc) is 2.37. The smallest absolute Gasteiger partial charge is 0.452 e. The maximum atomic E-state index is 12.4. The summed E-state index contributed by atoms with van der Waals surface area (Å²) in [6.07, 6.45) is -3.45. The summed E-state index contributed by atoms with van der Waals surface area (Å²) in [4.78, 5) is 33.6. The van der Waals surface area contributed by atoms with Gasteiger partial charge in [0.05, 0.1) is 5.19 Å². The van der Waals surface area contributed by atoms with Crippen LogP contribution in [0.5, 0.6) is 0 Å². The quantitative estimate of drug-likeness (QED) is 0.746. The van der Waals surface area contributed by atoms with Gasteiger partial charge in [-0.05, 0) is 0 Å². The normalized spacial score (nSPS) is 10.9. The second-order valence-electron chi connectivity index (χ2n) is 3.83. The van der Waals surface area contributed by atoms with Crippen molar-refractivity contribution in [2.24, 2.45) is 0 Å². The summed E-state index contributed by atoms with van der Waals surface area (Å²) in [6.45, 7) is 1.95. The molecule has 1 aromatic carbocycles. The van der Waals surface area contributed by atoms with Crippen LogP contribution < -0.4 is 5.19 Å². The molecule has 0 saturated carbocycles. The SMILES string of the molecule is CC(=O)O[Si](OC(C)=O)(OC(=O)C(F)F)c1ccccc1. The molecule has 0 aliphatic rings. The first-order valence-electron chi connectivity index (χ1n) is 5.72. The molecule has 0 amide bonds. The van der Waals surface area contributed by atoms with Crippen LogP contribution in [-0.4, -0.2) is 33.1 Å².